The molecule has 8 nitrogen and oxygen atoms in total. The number of para-hydroxylation sites is 1. The highest BCUT2D eigenvalue weighted by Crippen LogP contribution is 2.39. The number of hydrogen-bond acceptors (Lipinski definition) is 8. The van der Waals surface area contributed by atoms with E-state index in [2.05, 4.69) is 78.1 Å². The van der Waals surface area contributed by atoms with Crippen molar-refractivity contribution in [2.75, 3.05) is 16.4 Å². The van der Waals surface area contributed by atoms with Gasteiger partial charge in [-0.25, -0.2) is 14.4 Å². The van der Waals surface area contributed by atoms with Gasteiger partial charge >= 0.3 is 17.9 Å². The summed E-state index contributed by atoms with van der Waals surface area (Å²) < 4.78 is 15.7. The van der Waals surface area contributed by atoms with Gasteiger partial charge in [0.05, 0.1) is 6.61 Å². The smallest absolute Gasteiger partial charge is 0.335 e. The molecule has 0 saturated heterocycles. The minimum Gasteiger partial charge on any atom is -0.462 e. The van der Waals surface area contributed by atoms with Crippen molar-refractivity contribution in [3.05, 3.63) is 195 Å². The summed E-state index contributed by atoms with van der Waals surface area (Å²) in [7, 11) is 0. The van der Waals surface area contributed by atoms with E-state index in [1.807, 2.05) is 78.9 Å². The van der Waals surface area contributed by atoms with E-state index in [-0.39, 0.29) is 6.61 Å². The molecular weight excluding hydrogens is 689 g/mol. The number of esters is 3. The normalized spacial score (nSPS) is 10.4. The molecule has 0 N–H and O–H groups in total. The highest BCUT2D eigenvalue weighted by Gasteiger charge is 2.16. The van der Waals surface area contributed by atoms with Crippen molar-refractivity contribution in [3.63, 3.8) is 0 Å². The number of carbonyl (C=O) groups excluding carboxylic acids is 3. The largest absolute Gasteiger partial charge is 0.462 e. The lowest BCUT2D eigenvalue weighted by molar-refractivity contribution is -0.137. The number of anilines is 6. The van der Waals surface area contributed by atoms with E-state index in [4.69, 9.17) is 14.2 Å². The SMILES string of the molecule is C=CC(=O)OCCc1ccc(N(c2ccc(OC(=O)C=C)cc2)c2ccc(-c3ccc(N(c4ccccc4)c4ccc(OC(=O)C=C)cc4)cc3)cc2)cc1. The minimum atomic E-state index is -0.530. The maximum absolute atomic E-state index is 11.8. The third-order valence-electron chi connectivity index (χ3n) is 8.56. The summed E-state index contributed by atoms with van der Waals surface area (Å²) in [6.07, 6.45) is 3.98. The third kappa shape index (κ3) is 9.51. The van der Waals surface area contributed by atoms with Gasteiger partial charge in [0.15, 0.2) is 0 Å². The van der Waals surface area contributed by atoms with Gasteiger partial charge in [-0.05, 0) is 114 Å². The topological polar surface area (TPSA) is 85.4 Å². The minimum absolute atomic E-state index is 0.258. The molecule has 0 aliphatic rings. The molecule has 0 heterocycles. The second-order valence-electron chi connectivity index (χ2n) is 12.1. The van der Waals surface area contributed by atoms with Crippen LogP contribution in [0.25, 0.3) is 11.1 Å². The molecule has 0 saturated carbocycles. The van der Waals surface area contributed by atoms with Crippen molar-refractivity contribution >= 4 is 52.0 Å². The second kappa shape index (κ2) is 17.9. The van der Waals surface area contributed by atoms with Gasteiger partial charge in [0.25, 0.3) is 0 Å². The lowest BCUT2D eigenvalue weighted by atomic mass is 10.0. The molecule has 55 heavy (non-hydrogen) atoms. The maximum atomic E-state index is 11.8. The van der Waals surface area contributed by atoms with Crippen LogP contribution in [0.15, 0.2) is 190 Å². The monoisotopic (exact) mass is 726 g/mol. The van der Waals surface area contributed by atoms with Gasteiger partial charge in [0.1, 0.15) is 11.5 Å². The Labute approximate surface area is 320 Å². The lowest BCUT2D eigenvalue weighted by Crippen LogP contribution is -2.10. The summed E-state index contributed by atoms with van der Waals surface area (Å²) >= 11 is 0. The van der Waals surface area contributed by atoms with Crippen molar-refractivity contribution in [2.24, 2.45) is 0 Å². The number of nitrogens with zero attached hydrogens (tertiary/aromatic N) is 2. The number of rotatable bonds is 15. The van der Waals surface area contributed by atoms with Crippen molar-refractivity contribution in [3.8, 4) is 22.6 Å². The first kappa shape index (κ1) is 37.3. The maximum Gasteiger partial charge on any atom is 0.335 e. The van der Waals surface area contributed by atoms with Crippen LogP contribution in [-0.2, 0) is 25.5 Å². The van der Waals surface area contributed by atoms with E-state index in [1.165, 1.54) is 0 Å². The molecule has 0 fully saturated rings. The molecule has 6 aromatic carbocycles. The third-order valence-corrected chi connectivity index (χ3v) is 8.56. The van der Waals surface area contributed by atoms with E-state index in [0.717, 1.165) is 69.0 Å². The van der Waals surface area contributed by atoms with Crippen LogP contribution in [0.4, 0.5) is 34.1 Å². The van der Waals surface area contributed by atoms with Crippen LogP contribution in [0.2, 0.25) is 0 Å². The van der Waals surface area contributed by atoms with Crippen LogP contribution < -0.4 is 19.3 Å². The van der Waals surface area contributed by atoms with Gasteiger partial charge in [-0.3, -0.25) is 0 Å². The number of hydrogen-bond donors (Lipinski definition) is 0. The molecule has 272 valence electrons. The van der Waals surface area contributed by atoms with Crippen molar-refractivity contribution in [1.82, 2.24) is 0 Å². The predicted molar refractivity (Wildman–Crippen MR) is 218 cm³/mol. The summed E-state index contributed by atoms with van der Waals surface area (Å²) in [6.45, 7) is 10.6. The summed E-state index contributed by atoms with van der Waals surface area (Å²) in [6, 6.07) is 49.3. The zero-order valence-electron chi connectivity index (χ0n) is 30.0. The Morgan fingerprint density at radius 1 is 0.436 bits per heavy atom. The number of benzene rings is 6. The van der Waals surface area contributed by atoms with Crippen LogP contribution >= 0.6 is 0 Å². The lowest BCUT2D eigenvalue weighted by Gasteiger charge is -2.26. The van der Waals surface area contributed by atoms with Crippen LogP contribution in [0.3, 0.4) is 0 Å². The highest BCUT2D eigenvalue weighted by molar-refractivity contribution is 5.85. The first-order valence-corrected chi connectivity index (χ1v) is 17.5. The fourth-order valence-electron chi connectivity index (χ4n) is 5.86. The average molecular weight is 727 g/mol. The molecule has 0 radical (unpaired) electrons. The van der Waals surface area contributed by atoms with Crippen LogP contribution in [0.1, 0.15) is 5.56 Å². The Hall–Kier alpha value is -7.45. The fourth-order valence-corrected chi connectivity index (χ4v) is 5.86. The Morgan fingerprint density at radius 2 is 0.782 bits per heavy atom. The van der Waals surface area contributed by atoms with Crippen molar-refractivity contribution in [2.45, 2.75) is 6.42 Å². The second-order valence-corrected chi connectivity index (χ2v) is 12.1. The van der Waals surface area contributed by atoms with Gasteiger partial charge in [0.2, 0.25) is 0 Å². The molecule has 0 spiro atoms. The number of carbonyl (C=O) groups is 3. The molecule has 0 unspecified atom stereocenters. The summed E-state index contributed by atoms with van der Waals surface area (Å²) in [5, 5.41) is 0. The molecule has 0 bridgehead atoms. The molecule has 0 aromatic heterocycles. The Bertz CT molecular complexity index is 2270. The standard InChI is InChI=1S/C47H38N2O6/c1-4-45(50)53-33-32-34-12-18-38(19-13-34)49(42-26-30-44(31-27-42)55-47(52)6-3)40-22-16-36(17-23-40)35-14-20-39(21-15-35)48(37-10-8-7-9-11-37)41-24-28-43(29-25-41)54-46(51)5-2/h4-31H,1-3,32-33H2. The predicted octanol–water partition coefficient (Wildman–Crippen LogP) is 10.7. The van der Waals surface area contributed by atoms with E-state index in [1.54, 1.807) is 24.3 Å². The van der Waals surface area contributed by atoms with E-state index >= 15 is 0 Å². The fraction of sp³-hybridized carbons (Fsp3) is 0.0426. The summed E-state index contributed by atoms with van der Waals surface area (Å²) in [5.41, 5.74) is 8.61. The van der Waals surface area contributed by atoms with Crippen LogP contribution in [0, 0.1) is 0 Å². The molecule has 0 amide bonds. The Morgan fingerprint density at radius 3 is 1.16 bits per heavy atom. The molecule has 0 atom stereocenters. The summed E-state index contributed by atoms with van der Waals surface area (Å²) in [4.78, 5) is 39.2. The van der Waals surface area contributed by atoms with E-state index in [9.17, 15) is 14.4 Å². The van der Waals surface area contributed by atoms with Crippen molar-refractivity contribution in [1.29, 1.82) is 0 Å². The van der Waals surface area contributed by atoms with Gasteiger partial charge in [-0.15, -0.1) is 0 Å². The molecular formula is C47H38N2O6. The zero-order valence-corrected chi connectivity index (χ0v) is 30.0. The number of ether oxygens (including phenoxy) is 3. The van der Waals surface area contributed by atoms with Gasteiger partial charge < -0.3 is 24.0 Å². The van der Waals surface area contributed by atoms with Crippen molar-refractivity contribution < 1.29 is 28.6 Å². The molecule has 8 heteroatoms. The summed E-state index contributed by atoms with van der Waals surface area (Å²) in [5.74, 6) is -0.643. The first-order valence-electron chi connectivity index (χ1n) is 17.5. The highest BCUT2D eigenvalue weighted by atomic mass is 16.5. The van der Waals surface area contributed by atoms with Crippen LogP contribution in [-0.4, -0.2) is 24.5 Å². The average Bonchev–Trinajstić information content (AvgIpc) is 3.23. The molecule has 6 aromatic rings. The molecule has 6 rings (SSSR count). The zero-order chi connectivity index (χ0) is 38.6. The van der Waals surface area contributed by atoms with Gasteiger partial charge in [-0.2, -0.15) is 0 Å². The van der Waals surface area contributed by atoms with Crippen LogP contribution in [0.5, 0.6) is 11.5 Å². The molecule has 0 aliphatic carbocycles. The quantitative estimate of drug-likeness (QED) is 0.0587. The van der Waals surface area contributed by atoms with Gasteiger partial charge in [-0.1, -0.05) is 74.3 Å². The van der Waals surface area contributed by atoms with E-state index in [0.29, 0.717) is 17.9 Å². The Kier molecular flexibility index (Phi) is 12.1. The van der Waals surface area contributed by atoms with E-state index < -0.39 is 17.9 Å². The first-order chi connectivity index (χ1) is 26.8. The molecule has 0 aliphatic heterocycles. The Balaban J connectivity index is 1.26. The van der Waals surface area contributed by atoms with Gasteiger partial charge in [0, 0.05) is 58.8 Å².